The molecule has 0 radical (unpaired) electrons. The van der Waals surface area contributed by atoms with E-state index in [0.717, 1.165) is 25.7 Å². The van der Waals surface area contributed by atoms with Crippen LogP contribution in [0.15, 0.2) is 12.2 Å². The molecule has 0 fully saturated rings. The van der Waals surface area contributed by atoms with Crippen LogP contribution in [0.3, 0.4) is 0 Å². The molecule has 0 aromatic carbocycles. The Balaban J connectivity index is 2.06. The van der Waals surface area contributed by atoms with Gasteiger partial charge in [-0.05, 0) is 25.7 Å². The van der Waals surface area contributed by atoms with Crippen molar-refractivity contribution < 1.29 is 9.90 Å². The molecule has 0 aromatic rings. The molecular formula is C11H20N2O2. The van der Waals surface area contributed by atoms with Crippen LogP contribution in [0, 0.1) is 5.92 Å². The Morgan fingerprint density at radius 3 is 2.80 bits per heavy atom. The van der Waals surface area contributed by atoms with E-state index in [1.54, 1.807) is 0 Å². The summed E-state index contributed by atoms with van der Waals surface area (Å²) >= 11 is 0. The lowest BCUT2D eigenvalue weighted by molar-refractivity contribution is -0.123. The van der Waals surface area contributed by atoms with Crippen molar-refractivity contribution in [1.82, 2.24) is 5.32 Å². The molecule has 0 heterocycles. The van der Waals surface area contributed by atoms with Crippen LogP contribution in [-0.4, -0.2) is 30.2 Å². The molecule has 1 aliphatic carbocycles. The van der Waals surface area contributed by atoms with E-state index in [9.17, 15) is 4.79 Å². The Morgan fingerprint density at radius 2 is 2.20 bits per heavy atom. The van der Waals surface area contributed by atoms with E-state index in [-0.39, 0.29) is 24.5 Å². The molecule has 4 N–H and O–H groups in total. The summed E-state index contributed by atoms with van der Waals surface area (Å²) in [6.45, 7) is 0.923. The molecule has 2 unspecified atom stereocenters. The van der Waals surface area contributed by atoms with Crippen molar-refractivity contribution in [2.45, 2.75) is 31.7 Å². The zero-order chi connectivity index (χ0) is 11.1. The van der Waals surface area contributed by atoms with E-state index in [1.165, 1.54) is 0 Å². The molecule has 2 atom stereocenters. The van der Waals surface area contributed by atoms with Crippen molar-refractivity contribution in [3.8, 4) is 0 Å². The lowest BCUT2D eigenvalue weighted by atomic mass is 10.1. The highest BCUT2D eigenvalue weighted by atomic mass is 16.2. The first-order valence-corrected chi connectivity index (χ1v) is 5.56. The predicted octanol–water partition coefficient (Wildman–Crippen LogP) is 0.169. The van der Waals surface area contributed by atoms with Crippen LogP contribution in [0.4, 0.5) is 0 Å². The Bertz CT molecular complexity index is 229. The zero-order valence-corrected chi connectivity index (χ0v) is 8.98. The van der Waals surface area contributed by atoms with Gasteiger partial charge in [-0.1, -0.05) is 12.2 Å². The predicted molar refractivity (Wildman–Crippen MR) is 59.2 cm³/mol. The maximum absolute atomic E-state index is 11.6. The quantitative estimate of drug-likeness (QED) is 0.434. The Labute approximate surface area is 90.5 Å². The molecule has 1 rings (SSSR count). The van der Waals surface area contributed by atoms with Gasteiger partial charge >= 0.3 is 0 Å². The van der Waals surface area contributed by atoms with Gasteiger partial charge in [0.2, 0.25) is 5.91 Å². The smallest absolute Gasteiger partial charge is 0.226 e. The molecular weight excluding hydrogens is 192 g/mol. The Hall–Kier alpha value is -0.870. The van der Waals surface area contributed by atoms with Gasteiger partial charge in [0.15, 0.2) is 0 Å². The average molecular weight is 212 g/mol. The number of aliphatic hydroxyl groups is 1. The van der Waals surface area contributed by atoms with E-state index in [2.05, 4.69) is 5.32 Å². The Morgan fingerprint density at radius 1 is 1.40 bits per heavy atom. The first-order valence-electron chi connectivity index (χ1n) is 5.56. The zero-order valence-electron chi connectivity index (χ0n) is 8.98. The second kappa shape index (κ2) is 6.58. The lowest BCUT2D eigenvalue weighted by Gasteiger charge is -2.10. The monoisotopic (exact) mass is 212 g/mol. The summed E-state index contributed by atoms with van der Waals surface area (Å²) in [6, 6.07) is 0.0372. The largest absolute Gasteiger partial charge is 0.396 e. The first kappa shape index (κ1) is 12.2. The summed E-state index contributed by atoms with van der Waals surface area (Å²) in [4.78, 5) is 11.6. The van der Waals surface area contributed by atoms with Gasteiger partial charge in [0, 0.05) is 19.2 Å². The molecule has 15 heavy (non-hydrogen) atoms. The van der Waals surface area contributed by atoms with Crippen molar-refractivity contribution in [2.24, 2.45) is 11.7 Å². The summed E-state index contributed by atoms with van der Waals surface area (Å²) in [5.41, 5.74) is 5.66. The van der Waals surface area contributed by atoms with E-state index in [4.69, 9.17) is 10.8 Å². The summed E-state index contributed by atoms with van der Waals surface area (Å²) in [7, 11) is 0. The number of rotatable bonds is 6. The van der Waals surface area contributed by atoms with Crippen molar-refractivity contribution in [3.05, 3.63) is 12.2 Å². The van der Waals surface area contributed by atoms with Gasteiger partial charge < -0.3 is 16.2 Å². The molecule has 1 aliphatic rings. The molecule has 4 heteroatoms. The molecule has 0 saturated carbocycles. The van der Waals surface area contributed by atoms with E-state index >= 15 is 0 Å². The number of hydrogen-bond donors (Lipinski definition) is 3. The first-order chi connectivity index (χ1) is 7.24. The molecule has 86 valence electrons. The van der Waals surface area contributed by atoms with Crippen LogP contribution in [0.1, 0.15) is 25.7 Å². The standard InChI is InChI=1S/C11H20N2O2/c12-10-5-4-9(8-10)11(15)13-6-2-1-3-7-14/h4-5,9-10,14H,1-3,6-8,12H2,(H,13,15). The number of carbonyl (C=O) groups is 1. The van der Waals surface area contributed by atoms with E-state index < -0.39 is 0 Å². The second-order valence-electron chi connectivity index (χ2n) is 3.97. The summed E-state index contributed by atoms with van der Waals surface area (Å²) < 4.78 is 0. The van der Waals surface area contributed by atoms with Gasteiger partial charge in [-0.2, -0.15) is 0 Å². The summed E-state index contributed by atoms with van der Waals surface area (Å²) in [5, 5.41) is 11.4. The van der Waals surface area contributed by atoms with Crippen LogP contribution >= 0.6 is 0 Å². The van der Waals surface area contributed by atoms with Crippen molar-refractivity contribution >= 4 is 5.91 Å². The van der Waals surface area contributed by atoms with Crippen LogP contribution in [0.25, 0.3) is 0 Å². The van der Waals surface area contributed by atoms with Crippen LogP contribution < -0.4 is 11.1 Å². The fourth-order valence-electron chi connectivity index (χ4n) is 1.68. The maximum atomic E-state index is 11.6. The molecule has 0 spiro atoms. The van der Waals surface area contributed by atoms with Crippen LogP contribution in [0.2, 0.25) is 0 Å². The van der Waals surface area contributed by atoms with Gasteiger partial charge in [0.05, 0.1) is 5.92 Å². The molecule has 0 aromatic heterocycles. The Kier molecular flexibility index (Phi) is 5.36. The van der Waals surface area contributed by atoms with Crippen molar-refractivity contribution in [2.75, 3.05) is 13.2 Å². The molecule has 0 bridgehead atoms. The highest BCUT2D eigenvalue weighted by Gasteiger charge is 2.21. The van der Waals surface area contributed by atoms with E-state index in [0.29, 0.717) is 6.54 Å². The SMILES string of the molecule is NC1C=CC(C(=O)NCCCCCO)C1. The third kappa shape index (κ3) is 4.44. The number of nitrogens with one attached hydrogen (secondary N) is 1. The normalized spacial score (nSPS) is 24.4. The van der Waals surface area contributed by atoms with Gasteiger partial charge in [0.25, 0.3) is 0 Å². The number of nitrogens with two attached hydrogens (primary N) is 1. The average Bonchev–Trinajstić information content (AvgIpc) is 2.64. The van der Waals surface area contributed by atoms with Gasteiger partial charge in [-0.3, -0.25) is 4.79 Å². The topological polar surface area (TPSA) is 75.4 Å². The maximum Gasteiger partial charge on any atom is 0.226 e. The highest BCUT2D eigenvalue weighted by Crippen LogP contribution is 2.16. The lowest BCUT2D eigenvalue weighted by Crippen LogP contribution is -2.31. The van der Waals surface area contributed by atoms with Gasteiger partial charge in [0.1, 0.15) is 0 Å². The minimum Gasteiger partial charge on any atom is -0.396 e. The van der Waals surface area contributed by atoms with E-state index in [1.807, 2.05) is 12.2 Å². The molecule has 1 amide bonds. The number of unbranched alkanes of at least 4 members (excludes halogenated alkanes) is 2. The van der Waals surface area contributed by atoms with Gasteiger partial charge in [-0.25, -0.2) is 0 Å². The minimum absolute atomic E-state index is 0.0372. The van der Waals surface area contributed by atoms with Gasteiger partial charge in [-0.15, -0.1) is 0 Å². The minimum atomic E-state index is -0.0437. The fraction of sp³-hybridized carbons (Fsp3) is 0.727. The number of aliphatic hydroxyl groups excluding tert-OH is 1. The molecule has 0 aliphatic heterocycles. The number of hydrogen-bond acceptors (Lipinski definition) is 3. The number of amides is 1. The molecule has 0 saturated heterocycles. The third-order valence-corrected chi connectivity index (χ3v) is 2.59. The molecule has 4 nitrogen and oxygen atoms in total. The number of carbonyl (C=O) groups excluding carboxylic acids is 1. The highest BCUT2D eigenvalue weighted by molar-refractivity contribution is 5.81. The van der Waals surface area contributed by atoms with Crippen molar-refractivity contribution in [1.29, 1.82) is 0 Å². The summed E-state index contributed by atoms with van der Waals surface area (Å²) in [5.74, 6) is 0.0287. The summed E-state index contributed by atoms with van der Waals surface area (Å²) in [6.07, 6.45) is 7.18. The third-order valence-electron chi connectivity index (χ3n) is 2.59. The second-order valence-corrected chi connectivity index (χ2v) is 3.97. The van der Waals surface area contributed by atoms with Crippen molar-refractivity contribution in [3.63, 3.8) is 0 Å². The van der Waals surface area contributed by atoms with Crippen LogP contribution in [0.5, 0.6) is 0 Å². The van der Waals surface area contributed by atoms with Crippen LogP contribution in [-0.2, 0) is 4.79 Å². The fourth-order valence-corrected chi connectivity index (χ4v) is 1.68.